The normalized spacial score (nSPS) is 9.83. The Morgan fingerprint density at radius 3 is 2.65 bits per heavy atom. The molecule has 23 heavy (non-hydrogen) atoms. The lowest BCUT2D eigenvalue weighted by Gasteiger charge is -2.10. The van der Waals surface area contributed by atoms with Crippen LogP contribution < -0.4 is 10.6 Å². The van der Waals surface area contributed by atoms with E-state index in [-0.39, 0.29) is 30.2 Å². The number of thiocarbonyl (C=S) groups is 1. The summed E-state index contributed by atoms with van der Waals surface area (Å²) in [5, 5.41) is 15.8. The van der Waals surface area contributed by atoms with Crippen molar-refractivity contribution in [3.63, 3.8) is 0 Å². The first kappa shape index (κ1) is 19.0. The molecule has 0 atom stereocenters. The second kappa shape index (κ2) is 9.16. The maximum absolute atomic E-state index is 11.6. The lowest BCUT2D eigenvalue weighted by Crippen LogP contribution is -2.34. The summed E-state index contributed by atoms with van der Waals surface area (Å²) in [5.41, 5.74) is 0.387. The number of nitro benzene ring substituents is 1. The molecule has 0 aromatic heterocycles. The first-order valence-corrected chi connectivity index (χ1v) is 7.74. The third-order valence-electron chi connectivity index (χ3n) is 2.53. The van der Waals surface area contributed by atoms with Crippen molar-refractivity contribution in [2.75, 3.05) is 11.9 Å². The number of nitrogens with zero attached hydrogens (tertiary/aromatic N) is 1. The average molecular weight is 404 g/mol. The molecule has 1 aromatic carbocycles. The van der Waals surface area contributed by atoms with Crippen LogP contribution in [0.5, 0.6) is 0 Å². The Balaban J connectivity index is 2.52. The van der Waals surface area contributed by atoms with Crippen molar-refractivity contribution >= 4 is 56.5 Å². The Kier molecular flexibility index (Phi) is 7.55. The number of non-ortho nitro benzene ring substituents is 1. The maximum Gasteiger partial charge on any atom is 0.306 e. The van der Waals surface area contributed by atoms with Gasteiger partial charge in [0, 0.05) is 23.0 Å². The number of esters is 1. The summed E-state index contributed by atoms with van der Waals surface area (Å²) in [6.45, 7) is 1.94. The molecule has 0 radical (unpaired) electrons. The van der Waals surface area contributed by atoms with Gasteiger partial charge >= 0.3 is 5.97 Å². The van der Waals surface area contributed by atoms with Gasteiger partial charge in [-0.1, -0.05) is 0 Å². The van der Waals surface area contributed by atoms with Crippen LogP contribution in [0.3, 0.4) is 0 Å². The molecule has 0 bridgehead atoms. The Morgan fingerprint density at radius 2 is 2.09 bits per heavy atom. The fourth-order valence-corrected chi connectivity index (χ4v) is 2.20. The number of carbonyl (C=O) groups is 2. The minimum atomic E-state index is -0.524. The number of nitro groups is 1. The van der Waals surface area contributed by atoms with E-state index in [0.717, 1.165) is 0 Å². The SMILES string of the molecule is CCOC(=O)CCC(=O)NC(=S)Nc1ccc([N+](=O)[O-])cc1Br. The van der Waals surface area contributed by atoms with Gasteiger partial charge in [-0.15, -0.1) is 0 Å². The van der Waals surface area contributed by atoms with E-state index in [4.69, 9.17) is 17.0 Å². The quantitative estimate of drug-likeness (QED) is 0.324. The van der Waals surface area contributed by atoms with Crippen molar-refractivity contribution in [3.8, 4) is 0 Å². The topological polar surface area (TPSA) is 111 Å². The van der Waals surface area contributed by atoms with Crippen LogP contribution in [0.4, 0.5) is 11.4 Å². The number of amides is 1. The molecular formula is C13H14BrN3O5S. The molecule has 1 rings (SSSR count). The highest BCUT2D eigenvalue weighted by atomic mass is 79.9. The Labute approximate surface area is 145 Å². The number of rotatable bonds is 6. The monoisotopic (exact) mass is 403 g/mol. The van der Waals surface area contributed by atoms with Gasteiger partial charge in [-0.05, 0) is 41.1 Å². The van der Waals surface area contributed by atoms with E-state index < -0.39 is 16.8 Å². The van der Waals surface area contributed by atoms with Gasteiger partial charge in [0.25, 0.3) is 5.69 Å². The first-order valence-electron chi connectivity index (χ1n) is 6.54. The van der Waals surface area contributed by atoms with Gasteiger partial charge in [0.1, 0.15) is 0 Å². The number of hydrogen-bond acceptors (Lipinski definition) is 6. The van der Waals surface area contributed by atoms with E-state index in [1.54, 1.807) is 6.92 Å². The van der Waals surface area contributed by atoms with Crippen LogP contribution in [0, 0.1) is 10.1 Å². The van der Waals surface area contributed by atoms with Crippen LogP contribution in [0.15, 0.2) is 22.7 Å². The molecule has 0 fully saturated rings. The highest BCUT2D eigenvalue weighted by Gasteiger charge is 2.12. The predicted molar refractivity (Wildman–Crippen MR) is 91.0 cm³/mol. The summed E-state index contributed by atoms with van der Waals surface area (Å²) in [4.78, 5) is 32.9. The predicted octanol–water partition coefficient (Wildman–Crippen LogP) is 2.51. The van der Waals surface area contributed by atoms with Crippen LogP contribution in [0.2, 0.25) is 0 Å². The van der Waals surface area contributed by atoms with Gasteiger partial charge < -0.3 is 15.4 Å². The number of hydrogen-bond donors (Lipinski definition) is 2. The van der Waals surface area contributed by atoms with Gasteiger partial charge in [-0.2, -0.15) is 0 Å². The van der Waals surface area contributed by atoms with Crippen molar-refractivity contribution in [3.05, 3.63) is 32.8 Å². The molecule has 0 spiro atoms. The molecule has 1 aromatic rings. The fourth-order valence-electron chi connectivity index (χ4n) is 1.51. The molecular weight excluding hydrogens is 390 g/mol. The molecule has 10 heteroatoms. The first-order chi connectivity index (χ1) is 10.8. The molecule has 0 saturated heterocycles. The largest absolute Gasteiger partial charge is 0.466 e. The van der Waals surface area contributed by atoms with Gasteiger partial charge in [0.15, 0.2) is 5.11 Å². The van der Waals surface area contributed by atoms with E-state index in [2.05, 4.69) is 26.6 Å². The summed E-state index contributed by atoms with van der Waals surface area (Å²) in [6, 6.07) is 4.07. The molecule has 0 aliphatic carbocycles. The zero-order valence-corrected chi connectivity index (χ0v) is 14.5. The molecule has 0 saturated carbocycles. The third kappa shape index (κ3) is 6.70. The Hall–Kier alpha value is -2.07. The number of ether oxygens (including phenoxy) is 1. The highest BCUT2D eigenvalue weighted by molar-refractivity contribution is 9.10. The van der Waals surface area contributed by atoms with Crippen molar-refractivity contribution < 1.29 is 19.2 Å². The molecule has 0 aliphatic heterocycles. The number of halogens is 1. The third-order valence-corrected chi connectivity index (χ3v) is 3.39. The van der Waals surface area contributed by atoms with Crippen LogP contribution in [-0.2, 0) is 14.3 Å². The number of carbonyl (C=O) groups excluding carboxylic acids is 2. The summed E-state index contributed by atoms with van der Waals surface area (Å²) in [6.07, 6.45) is -0.0917. The van der Waals surface area contributed by atoms with E-state index in [0.29, 0.717) is 10.2 Å². The van der Waals surface area contributed by atoms with E-state index in [1.807, 2.05) is 0 Å². The van der Waals surface area contributed by atoms with Crippen LogP contribution in [0.25, 0.3) is 0 Å². The lowest BCUT2D eigenvalue weighted by molar-refractivity contribution is -0.384. The van der Waals surface area contributed by atoms with Crippen LogP contribution in [-0.4, -0.2) is 28.5 Å². The van der Waals surface area contributed by atoms with E-state index in [9.17, 15) is 19.7 Å². The zero-order valence-electron chi connectivity index (χ0n) is 12.1. The fraction of sp³-hybridized carbons (Fsp3) is 0.308. The lowest BCUT2D eigenvalue weighted by atomic mass is 10.3. The molecule has 0 aliphatic rings. The number of benzene rings is 1. The second-order valence-corrected chi connectivity index (χ2v) is 5.49. The minimum Gasteiger partial charge on any atom is -0.466 e. The van der Waals surface area contributed by atoms with Gasteiger partial charge in [0.2, 0.25) is 5.91 Å². The number of nitrogens with one attached hydrogen (secondary N) is 2. The van der Waals surface area contributed by atoms with E-state index >= 15 is 0 Å². The summed E-state index contributed by atoms with van der Waals surface area (Å²) >= 11 is 8.15. The zero-order chi connectivity index (χ0) is 17.4. The molecule has 124 valence electrons. The minimum absolute atomic E-state index is 0.0217. The van der Waals surface area contributed by atoms with Crippen LogP contribution in [0.1, 0.15) is 19.8 Å². The molecule has 1 amide bonds. The maximum atomic E-state index is 11.6. The second-order valence-electron chi connectivity index (χ2n) is 4.23. The molecule has 2 N–H and O–H groups in total. The van der Waals surface area contributed by atoms with Gasteiger partial charge in [-0.25, -0.2) is 0 Å². The van der Waals surface area contributed by atoms with Gasteiger partial charge in [0.05, 0.1) is 23.6 Å². The summed E-state index contributed by atoms with van der Waals surface area (Å²) < 4.78 is 5.14. The number of anilines is 1. The highest BCUT2D eigenvalue weighted by Crippen LogP contribution is 2.26. The molecule has 8 nitrogen and oxygen atoms in total. The Morgan fingerprint density at radius 1 is 1.39 bits per heavy atom. The Bertz CT molecular complexity index is 638. The van der Waals surface area contributed by atoms with Gasteiger partial charge in [-0.3, -0.25) is 19.7 Å². The smallest absolute Gasteiger partial charge is 0.306 e. The summed E-state index contributed by atoms with van der Waals surface area (Å²) in [7, 11) is 0. The van der Waals surface area contributed by atoms with E-state index in [1.165, 1.54) is 18.2 Å². The van der Waals surface area contributed by atoms with Crippen LogP contribution >= 0.6 is 28.1 Å². The van der Waals surface area contributed by atoms with Crippen molar-refractivity contribution in [1.29, 1.82) is 0 Å². The van der Waals surface area contributed by atoms with Crippen molar-refractivity contribution in [1.82, 2.24) is 5.32 Å². The summed E-state index contributed by atoms with van der Waals surface area (Å²) in [5.74, 6) is -0.895. The standard InChI is InChI=1S/C13H14BrN3O5S/c1-2-22-12(19)6-5-11(18)16-13(23)15-10-4-3-8(17(20)21)7-9(10)14/h3-4,7H,2,5-6H2,1H3,(H2,15,16,18,23). The molecule has 0 unspecified atom stereocenters. The van der Waals surface area contributed by atoms with Crippen molar-refractivity contribution in [2.45, 2.75) is 19.8 Å². The average Bonchev–Trinajstić information content (AvgIpc) is 2.47. The van der Waals surface area contributed by atoms with Crippen molar-refractivity contribution in [2.24, 2.45) is 0 Å². The molecule has 0 heterocycles.